The smallest absolute Gasteiger partial charge is 0.335 e. The van der Waals surface area contributed by atoms with Crippen LogP contribution in [0, 0.1) is 0 Å². The summed E-state index contributed by atoms with van der Waals surface area (Å²) in [7, 11) is 0. The van der Waals surface area contributed by atoms with Crippen LogP contribution in [0.1, 0.15) is 36.7 Å². The van der Waals surface area contributed by atoms with Gasteiger partial charge in [-0.15, -0.1) is 0 Å². The molecule has 0 amide bonds. The highest BCUT2D eigenvalue weighted by molar-refractivity contribution is 9.10. The van der Waals surface area contributed by atoms with Gasteiger partial charge in [-0.1, -0.05) is 15.9 Å². The number of rotatable bonds is 3. The van der Waals surface area contributed by atoms with E-state index in [0.717, 1.165) is 0 Å². The van der Waals surface area contributed by atoms with Crippen LogP contribution in [0.15, 0.2) is 28.7 Å². The van der Waals surface area contributed by atoms with Gasteiger partial charge in [-0.2, -0.15) is 0 Å². The Bertz CT molecular complexity index is 527. The molecule has 1 rings (SSSR count). The molecule has 0 radical (unpaired) electrons. The maximum atomic E-state index is 11.5. The predicted octanol–water partition coefficient (Wildman–Crippen LogP) is 3.50. The lowest BCUT2D eigenvalue weighted by atomic mass is 10.1. The molecule has 0 spiro atoms. The lowest BCUT2D eigenvalue weighted by molar-refractivity contribution is -0.148. The first-order valence-electron chi connectivity index (χ1n) is 5.62. The predicted molar refractivity (Wildman–Crippen MR) is 76.0 cm³/mol. The topological polar surface area (TPSA) is 63.6 Å². The number of carbonyl (C=O) groups excluding carboxylic acids is 1. The van der Waals surface area contributed by atoms with Crippen LogP contribution in [0.25, 0.3) is 6.08 Å². The van der Waals surface area contributed by atoms with Crippen molar-refractivity contribution in [3.63, 3.8) is 0 Å². The molecule has 0 aromatic heterocycles. The Hall–Kier alpha value is -1.62. The minimum absolute atomic E-state index is 0.151. The van der Waals surface area contributed by atoms with Gasteiger partial charge in [0.05, 0.1) is 5.56 Å². The van der Waals surface area contributed by atoms with E-state index in [-0.39, 0.29) is 5.56 Å². The van der Waals surface area contributed by atoms with E-state index in [1.807, 2.05) is 0 Å². The zero-order chi connectivity index (χ0) is 14.6. The second-order valence-electron chi connectivity index (χ2n) is 4.95. The number of esters is 1. The van der Waals surface area contributed by atoms with Crippen LogP contribution in [0.3, 0.4) is 0 Å². The van der Waals surface area contributed by atoms with E-state index in [4.69, 9.17) is 9.84 Å². The Kier molecular flexibility index (Phi) is 4.89. The summed E-state index contributed by atoms with van der Waals surface area (Å²) in [6.07, 6.45) is 2.80. The fourth-order valence-electron chi connectivity index (χ4n) is 1.33. The highest BCUT2D eigenvalue weighted by Gasteiger charge is 2.14. The highest BCUT2D eigenvalue weighted by atomic mass is 79.9. The Morgan fingerprint density at radius 1 is 1.26 bits per heavy atom. The summed E-state index contributed by atoms with van der Waals surface area (Å²) in [5.41, 5.74) is 0.209. The van der Waals surface area contributed by atoms with Gasteiger partial charge in [0.15, 0.2) is 0 Å². The maximum absolute atomic E-state index is 11.5. The van der Waals surface area contributed by atoms with Gasteiger partial charge in [0.1, 0.15) is 5.60 Å². The van der Waals surface area contributed by atoms with Crippen molar-refractivity contribution >= 4 is 33.9 Å². The molecule has 0 bridgehead atoms. The number of carboxylic acid groups (broad SMARTS) is 1. The van der Waals surface area contributed by atoms with Crippen LogP contribution in [0.4, 0.5) is 0 Å². The molecule has 4 nitrogen and oxygen atoms in total. The van der Waals surface area contributed by atoms with Crippen molar-refractivity contribution in [2.24, 2.45) is 0 Å². The van der Waals surface area contributed by atoms with Crippen molar-refractivity contribution in [2.45, 2.75) is 26.4 Å². The molecule has 5 heteroatoms. The van der Waals surface area contributed by atoms with Crippen molar-refractivity contribution in [3.05, 3.63) is 39.9 Å². The van der Waals surface area contributed by atoms with E-state index < -0.39 is 17.5 Å². The summed E-state index contributed by atoms with van der Waals surface area (Å²) in [5.74, 6) is -1.49. The van der Waals surface area contributed by atoms with Crippen LogP contribution in [-0.4, -0.2) is 22.6 Å². The van der Waals surface area contributed by atoms with Gasteiger partial charge in [0.25, 0.3) is 0 Å². The number of carboxylic acids is 1. The first-order valence-corrected chi connectivity index (χ1v) is 6.41. The summed E-state index contributed by atoms with van der Waals surface area (Å²) in [5, 5.41) is 8.93. The number of halogens is 1. The molecule has 1 aromatic carbocycles. The molecular weight excluding hydrogens is 312 g/mol. The van der Waals surface area contributed by atoms with E-state index in [2.05, 4.69) is 15.9 Å². The third kappa shape index (κ3) is 5.70. The van der Waals surface area contributed by atoms with Crippen molar-refractivity contribution in [1.82, 2.24) is 0 Å². The van der Waals surface area contributed by atoms with Gasteiger partial charge in [-0.05, 0) is 50.6 Å². The summed E-state index contributed by atoms with van der Waals surface area (Å²) >= 11 is 3.22. The monoisotopic (exact) mass is 326 g/mol. The van der Waals surface area contributed by atoms with Crippen LogP contribution in [-0.2, 0) is 9.53 Å². The molecule has 0 heterocycles. The van der Waals surface area contributed by atoms with Gasteiger partial charge in [0.2, 0.25) is 0 Å². The van der Waals surface area contributed by atoms with E-state index in [0.29, 0.717) is 10.0 Å². The Labute approximate surface area is 120 Å². The first kappa shape index (κ1) is 15.4. The van der Waals surface area contributed by atoms with Crippen LogP contribution < -0.4 is 0 Å². The molecule has 0 saturated carbocycles. The molecule has 102 valence electrons. The first-order chi connectivity index (χ1) is 8.67. The molecule has 0 fully saturated rings. The lowest BCUT2D eigenvalue weighted by Gasteiger charge is -2.17. The second-order valence-corrected chi connectivity index (χ2v) is 5.86. The number of benzene rings is 1. The van der Waals surface area contributed by atoms with Gasteiger partial charge in [-0.3, -0.25) is 0 Å². The fourth-order valence-corrected chi connectivity index (χ4v) is 1.84. The Balaban J connectivity index is 2.88. The van der Waals surface area contributed by atoms with Gasteiger partial charge < -0.3 is 9.84 Å². The third-order valence-electron chi connectivity index (χ3n) is 1.99. The van der Waals surface area contributed by atoms with Crippen LogP contribution in [0.2, 0.25) is 0 Å². The lowest BCUT2D eigenvalue weighted by Crippen LogP contribution is -2.22. The normalized spacial score (nSPS) is 11.6. The molecule has 0 aliphatic heterocycles. The average Bonchev–Trinajstić information content (AvgIpc) is 2.23. The van der Waals surface area contributed by atoms with Crippen molar-refractivity contribution in [1.29, 1.82) is 0 Å². The second kappa shape index (κ2) is 6.02. The summed E-state index contributed by atoms with van der Waals surface area (Å²) in [4.78, 5) is 22.4. The molecule has 1 N–H and O–H groups in total. The van der Waals surface area contributed by atoms with Crippen LogP contribution >= 0.6 is 15.9 Å². The largest absolute Gasteiger partial charge is 0.478 e. The van der Waals surface area contributed by atoms with Crippen molar-refractivity contribution in [2.75, 3.05) is 0 Å². The number of hydrogen-bond donors (Lipinski definition) is 1. The molecule has 1 aromatic rings. The molecule has 0 aliphatic carbocycles. The third-order valence-corrected chi connectivity index (χ3v) is 2.44. The van der Waals surface area contributed by atoms with Gasteiger partial charge >= 0.3 is 11.9 Å². The number of aromatic carboxylic acids is 1. The minimum Gasteiger partial charge on any atom is -0.478 e. The average molecular weight is 327 g/mol. The molecule has 0 unspecified atom stereocenters. The molecule has 0 saturated heterocycles. The quantitative estimate of drug-likeness (QED) is 0.682. The van der Waals surface area contributed by atoms with Crippen LogP contribution in [0.5, 0.6) is 0 Å². The van der Waals surface area contributed by atoms with E-state index in [1.165, 1.54) is 24.3 Å². The summed E-state index contributed by atoms with van der Waals surface area (Å²) in [6.45, 7) is 5.33. The highest BCUT2D eigenvalue weighted by Crippen LogP contribution is 2.17. The minimum atomic E-state index is -1.02. The summed E-state index contributed by atoms with van der Waals surface area (Å²) < 4.78 is 5.75. The standard InChI is InChI=1S/C14H15BrO4/c1-14(2,3)19-12(16)5-4-9-6-10(13(17)18)8-11(15)7-9/h4-8H,1-3H3,(H,17,18)/b5-4+. The maximum Gasteiger partial charge on any atom is 0.335 e. The number of hydrogen-bond acceptors (Lipinski definition) is 3. The summed E-state index contributed by atoms with van der Waals surface area (Å²) in [6, 6.07) is 4.69. The molecular formula is C14H15BrO4. The fraction of sp³-hybridized carbons (Fsp3) is 0.286. The van der Waals surface area contributed by atoms with Crippen molar-refractivity contribution in [3.8, 4) is 0 Å². The van der Waals surface area contributed by atoms with E-state index in [9.17, 15) is 9.59 Å². The SMILES string of the molecule is CC(C)(C)OC(=O)/C=C/c1cc(Br)cc(C(=O)O)c1. The number of ether oxygens (including phenoxy) is 1. The Morgan fingerprint density at radius 2 is 1.89 bits per heavy atom. The number of carbonyl (C=O) groups is 2. The van der Waals surface area contributed by atoms with Gasteiger partial charge in [-0.25, -0.2) is 9.59 Å². The molecule has 0 atom stereocenters. The Morgan fingerprint density at radius 3 is 2.42 bits per heavy atom. The van der Waals surface area contributed by atoms with E-state index >= 15 is 0 Å². The zero-order valence-corrected chi connectivity index (χ0v) is 12.5. The molecule has 0 aliphatic rings. The van der Waals surface area contributed by atoms with Gasteiger partial charge in [0, 0.05) is 10.5 Å². The van der Waals surface area contributed by atoms with E-state index in [1.54, 1.807) is 26.8 Å². The molecule has 19 heavy (non-hydrogen) atoms. The zero-order valence-electron chi connectivity index (χ0n) is 10.9. The van der Waals surface area contributed by atoms with Crippen molar-refractivity contribution < 1.29 is 19.4 Å².